The number of halogens is 5. The molecule has 3 aromatic rings. The first-order valence-corrected chi connectivity index (χ1v) is 17.2. The van der Waals surface area contributed by atoms with Gasteiger partial charge in [0.2, 0.25) is 0 Å². The number of alkyl halides is 4. The molecule has 52 heavy (non-hydrogen) atoms. The Balaban J connectivity index is 1.37. The molecule has 1 saturated carbocycles. The minimum atomic E-state index is -4.69. The number of allylic oxidation sites excluding steroid dienone is 3. The van der Waals surface area contributed by atoms with E-state index in [4.69, 9.17) is 21.7 Å². The summed E-state index contributed by atoms with van der Waals surface area (Å²) in [5, 5.41) is 25.7. The number of guanidine groups is 1. The first-order valence-electron chi connectivity index (χ1n) is 16.8. The molecule has 278 valence electrons. The number of carbonyl (C=O) groups is 2. The van der Waals surface area contributed by atoms with E-state index < -0.39 is 72.3 Å². The molecule has 2 fully saturated rings. The normalized spacial score (nSPS) is 21.6. The van der Waals surface area contributed by atoms with Crippen molar-refractivity contribution in [1.29, 1.82) is 5.41 Å². The Hall–Kier alpha value is -4.73. The second-order valence-corrected chi connectivity index (χ2v) is 15.2. The number of nitrogens with zero attached hydrogens (tertiary/aromatic N) is 5. The summed E-state index contributed by atoms with van der Waals surface area (Å²) in [5.41, 5.74) is -3.18. The van der Waals surface area contributed by atoms with Crippen LogP contribution in [0.15, 0.2) is 55.1 Å². The van der Waals surface area contributed by atoms with Crippen molar-refractivity contribution in [2.45, 2.75) is 82.7 Å². The van der Waals surface area contributed by atoms with Crippen LogP contribution in [0.2, 0.25) is 5.02 Å². The summed E-state index contributed by atoms with van der Waals surface area (Å²) in [7, 11) is 0. The molecule has 0 bridgehead atoms. The monoisotopic (exact) mass is 745 g/mol. The number of H-pyrrole nitrogens is 1. The van der Waals surface area contributed by atoms with Crippen LogP contribution in [0.25, 0.3) is 17.0 Å². The molecular formula is C35H40ClF4N9O3. The zero-order valence-electron chi connectivity index (χ0n) is 29.0. The average molecular weight is 746 g/mol. The predicted molar refractivity (Wildman–Crippen MR) is 185 cm³/mol. The topological polar surface area (TPSA) is 154 Å². The van der Waals surface area contributed by atoms with Crippen LogP contribution in [0.3, 0.4) is 0 Å². The van der Waals surface area contributed by atoms with Crippen LogP contribution in [0.4, 0.5) is 22.4 Å². The van der Waals surface area contributed by atoms with Gasteiger partial charge in [-0.25, -0.2) is 14.2 Å². The molecule has 12 nitrogen and oxygen atoms in total. The second kappa shape index (κ2) is 13.7. The third-order valence-corrected chi connectivity index (χ3v) is 10.1. The minimum absolute atomic E-state index is 0.187. The average Bonchev–Trinajstić information content (AvgIpc) is 3.45. The zero-order chi connectivity index (χ0) is 37.6. The molecule has 1 unspecified atom stereocenters. The van der Waals surface area contributed by atoms with Gasteiger partial charge in [0.25, 0.3) is 5.91 Å². The van der Waals surface area contributed by atoms with Gasteiger partial charge in [-0.15, -0.1) is 0 Å². The molecule has 1 saturated heterocycles. The largest absolute Gasteiger partial charge is 0.447 e. The molecule has 2 amide bonds. The Bertz CT molecular complexity index is 1900. The van der Waals surface area contributed by atoms with E-state index in [0.29, 0.717) is 17.2 Å². The summed E-state index contributed by atoms with van der Waals surface area (Å²) in [4.78, 5) is 32.9. The summed E-state index contributed by atoms with van der Waals surface area (Å²) < 4.78 is 64.6. The molecular weight excluding hydrogens is 706 g/mol. The van der Waals surface area contributed by atoms with E-state index in [0.717, 1.165) is 42.7 Å². The standard InChI is InChI=1S/C35H40ClF4N9O3/c1-32(2,35(38,39)40)17-34(23-8-5-20(6-9-23)22-14-44-48(15-22)24-10-11-24)29(50)49(30(41)45-34)27(16-52-31(51)46-33(3,4)18-37)21-7-12-26(36)25(13-21)28-42-19-43-47-28/h5-8,12-15,19,23-24,27H,9-11,16-18H2,1-4H3,(H2,41,45)(H,46,51)(H,42,43,47)/t23?,27-,34-/m1/s1. The maximum atomic E-state index is 14.9. The first-order chi connectivity index (χ1) is 24.4. The van der Waals surface area contributed by atoms with Crippen molar-refractivity contribution in [3.05, 3.63) is 71.3 Å². The van der Waals surface area contributed by atoms with Crippen LogP contribution >= 0.6 is 11.6 Å². The number of hydrogen-bond donors (Lipinski definition) is 4. The number of aromatic amines is 1. The van der Waals surface area contributed by atoms with Crippen molar-refractivity contribution in [3.8, 4) is 11.4 Å². The van der Waals surface area contributed by atoms with Crippen LogP contribution in [-0.2, 0) is 9.53 Å². The molecule has 2 aromatic heterocycles. The molecule has 0 radical (unpaired) electrons. The maximum absolute atomic E-state index is 14.9. The highest BCUT2D eigenvalue weighted by atomic mass is 35.5. The van der Waals surface area contributed by atoms with E-state index in [2.05, 4.69) is 30.9 Å². The Morgan fingerprint density at radius 1 is 1.23 bits per heavy atom. The van der Waals surface area contributed by atoms with Gasteiger partial charge in [0.05, 0.1) is 34.3 Å². The van der Waals surface area contributed by atoms with Gasteiger partial charge in [0, 0.05) is 23.2 Å². The lowest BCUT2D eigenvalue weighted by molar-refractivity contribution is -0.219. The molecule has 2 aliphatic carbocycles. The van der Waals surface area contributed by atoms with Crippen molar-refractivity contribution in [3.63, 3.8) is 0 Å². The molecule has 1 aromatic carbocycles. The van der Waals surface area contributed by atoms with Gasteiger partial charge in [-0.1, -0.05) is 49.7 Å². The van der Waals surface area contributed by atoms with Gasteiger partial charge in [-0.2, -0.15) is 23.4 Å². The van der Waals surface area contributed by atoms with E-state index in [1.165, 1.54) is 26.2 Å². The van der Waals surface area contributed by atoms with E-state index in [-0.39, 0.29) is 17.3 Å². The number of rotatable bonds is 12. The van der Waals surface area contributed by atoms with Gasteiger partial charge >= 0.3 is 12.3 Å². The number of ether oxygens (including phenoxy) is 1. The van der Waals surface area contributed by atoms with Crippen LogP contribution in [-0.4, -0.2) is 78.4 Å². The lowest BCUT2D eigenvalue weighted by Crippen LogP contribution is -2.57. The maximum Gasteiger partial charge on any atom is 0.407 e. The fourth-order valence-corrected chi connectivity index (χ4v) is 6.76. The van der Waals surface area contributed by atoms with Crippen molar-refractivity contribution in [1.82, 2.24) is 40.5 Å². The van der Waals surface area contributed by atoms with Crippen LogP contribution < -0.4 is 10.6 Å². The van der Waals surface area contributed by atoms with Crippen molar-refractivity contribution in [2.75, 3.05) is 13.3 Å². The van der Waals surface area contributed by atoms with E-state index in [1.54, 1.807) is 30.5 Å². The second-order valence-electron chi connectivity index (χ2n) is 14.8. The van der Waals surface area contributed by atoms with Crippen molar-refractivity contribution < 1.29 is 31.9 Å². The number of nitrogens with one attached hydrogen (secondary N) is 4. The highest BCUT2D eigenvalue weighted by molar-refractivity contribution is 6.33. The molecule has 3 aliphatic rings. The predicted octanol–water partition coefficient (Wildman–Crippen LogP) is 6.92. The third kappa shape index (κ3) is 7.30. The number of carbonyl (C=O) groups excluding carboxylic acids is 2. The van der Waals surface area contributed by atoms with Gasteiger partial charge in [-0.3, -0.25) is 24.9 Å². The van der Waals surface area contributed by atoms with Gasteiger partial charge in [0.1, 0.15) is 25.1 Å². The lowest BCUT2D eigenvalue weighted by atomic mass is 9.69. The fourth-order valence-electron chi connectivity index (χ4n) is 6.55. The van der Waals surface area contributed by atoms with E-state index in [9.17, 15) is 27.2 Å². The van der Waals surface area contributed by atoms with Crippen molar-refractivity contribution >= 4 is 35.1 Å². The SMILES string of the molecule is CC(C)(CF)NC(=O)OC[C@H](c1ccc(Cl)c(-c2ncn[nH]2)c1)N1C(=N)N[C@](CC(C)(C)C(F)(F)F)(C2C=CC(c3cnn(C4CC4)c3)=CC2)C1=O. The Kier molecular flexibility index (Phi) is 9.74. The number of aromatic nitrogens is 5. The Morgan fingerprint density at radius 2 is 1.98 bits per heavy atom. The Labute approximate surface area is 302 Å². The quantitative estimate of drug-likeness (QED) is 0.147. The Morgan fingerprint density at radius 3 is 2.60 bits per heavy atom. The van der Waals surface area contributed by atoms with E-state index >= 15 is 0 Å². The zero-order valence-corrected chi connectivity index (χ0v) is 29.8. The first kappa shape index (κ1) is 37.0. The molecule has 3 atom stereocenters. The molecule has 17 heteroatoms. The minimum Gasteiger partial charge on any atom is -0.447 e. The van der Waals surface area contributed by atoms with Crippen LogP contribution in [0.5, 0.6) is 0 Å². The highest BCUT2D eigenvalue weighted by Gasteiger charge is 2.61. The van der Waals surface area contributed by atoms with Crippen LogP contribution in [0.1, 0.15) is 76.6 Å². The lowest BCUT2D eigenvalue weighted by Gasteiger charge is -2.41. The van der Waals surface area contributed by atoms with Gasteiger partial charge in [0.15, 0.2) is 11.8 Å². The van der Waals surface area contributed by atoms with Crippen LogP contribution in [0, 0.1) is 16.7 Å². The summed E-state index contributed by atoms with van der Waals surface area (Å²) >= 11 is 6.48. The summed E-state index contributed by atoms with van der Waals surface area (Å²) in [5.74, 6) is -1.81. The number of hydrogen-bond acceptors (Lipinski definition) is 7. The highest BCUT2D eigenvalue weighted by Crippen LogP contribution is 2.49. The summed E-state index contributed by atoms with van der Waals surface area (Å²) in [6.07, 6.45) is 6.18. The molecule has 0 spiro atoms. The van der Waals surface area contributed by atoms with Gasteiger partial charge in [-0.05, 0) is 62.8 Å². The smallest absolute Gasteiger partial charge is 0.407 e. The third-order valence-electron chi connectivity index (χ3n) is 9.76. The van der Waals surface area contributed by atoms with E-state index in [1.807, 2.05) is 17.0 Å². The molecule has 1 aliphatic heterocycles. The summed E-state index contributed by atoms with van der Waals surface area (Å²) in [6.45, 7) is 3.51. The molecule has 4 N–H and O–H groups in total. The van der Waals surface area contributed by atoms with Gasteiger partial charge < -0.3 is 15.4 Å². The number of benzene rings is 1. The fraction of sp³-hybridized carbons (Fsp3) is 0.486. The number of amides is 2. The molecule has 3 heterocycles. The molecule has 6 rings (SSSR count). The number of alkyl carbamates (subject to hydrolysis) is 1. The van der Waals surface area contributed by atoms with Crippen molar-refractivity contribution in [2.24, 2.45) is 11.3 Å². The summed E-state index contributed by atoms with van der Waals surface area (Å²) in [6, 6.07) is 3.78.